The molecule has 1 unspecified atom stereocenters. The minimum atomic E-state index is -1.14. The molecule has 1 aliphatic carbocycles. The molecule has 9 heteroatoms. The fourth-order valence-corrected chi connectivity index (χ4v) is 5.02. The van der Waals surface area contributed by atoms with Crippen molar-refractivity contribution >= 4 is 34.9 Å². The van der Waals surface area contributed by atoms with E-state index in [4.69, 9.17) is 21.6 Å². The number of amides is 1. The molecule has 2 aliphatic rings. The first-order valence-corrected chi connectivity index (χ1v) is 13.7. The smallest absolute Gasteiger partial charge is 0.251 e. The van der Waals surface area contributed by atoms with Gasteiger partial charge < -0.3 is 10.6 Å². The second-order valence-corrected chi connectivity index (χ2v) is 10.1. The molecular weight excluding hydrogens is 539 g/mol. The predicted octanol–water partition coefficient (Wildman–Crippen LogP) is 6.44. The van der Waals surface area contributed by atoms with Crippen molar-refractivity contribution in [2.45, 2.75) is 25.6 Å². The fraction of sp³-hybridized carbons (Fsp3) is 0.156. The Kier molecular flexibility index (Phi) is 7.65. The van der Waals surface area contributed by atoms with Crippen LogP contribution in [0, 0.1) is 0 Å². The number of rotatable bonds is 7. The van der Waals surface area contributed by atoms with Crippen molar-refractivity contribution in [3.8, 4) is 11.3 Å². The van der Waals surface area contributed by atoms with Crippen LogP contribution in [0.5, 0.6) is 0 Å². The fourth-order valence-electron chi connectivity index (χ4n) is 4.85. The van der Waals surface area contributed by atoms with E-state index in [2.05, 4.69) is 20.6 Å². The highest BCUT2D eigenvalue weighted by Crippen LogP contribution is 2.35. The number of hydrogen-bond donors (Lipinski definition) is 2. The highest BCUT2D eigenvalue weighted by Gasteiger charge is 2.26. The first-order chi connectivity index (χ1) is 20.0. The molecule has 1 atom stereocenters. The largest absolute Gasteiger partial charge is 0.352 e. The molecule has 4 aromatic rings. The molecule has 2 aromatic carbocycles. The average molecular weight is 565 g/mol. The maximum Gasteiger partial charge on any atom is 0.251 e. The van der Waals surface area contributed by atoms with Crippen molar-refractivity contribution in [1.29, 1.82) is 0 Å². The molecule has 7 nitrogen and oxygen atoms in total. The topological polar surface area (TPSA) is 92.2 Å². The molecule has 0 radical (unpaired) electrons. The summed E-state index contributed by atoms with van der Waals surface area (Å²) in [4.78, 5) is 30.9. The number of benzene rings is 2. The molecule has 2 N–H and O–H groups in total. The zero-order chi connectivity index (χ0) is 28.2. The molecule has 0 saturated heterocycles. The maximum atomic E-state index is 14.9. The van der Waals surface area contributed by atoms with E-state index in [0.717, 1.165) is 28.1 Å². The van der Waals surface area contributed by atoms with Gasteiger partial charge >= 0.3 is 0 Å². The lowest BCUT2D eigenvalue weighted by Crippen LogP contribution is -2.25. The minimum absolute atomic E-state index is 0.154. The van der Waals surface area contributed by atoms with E-state index in [1.54, 1.807) is 36.7 Å². The number of alkyl halides is 1. The van der Waals surface area contributed by atoms with Crippen LogP contribution in [-0.2, 0) is 13.0 Å². The van der Waals surface area contributed by atoms with Crippen molar-refractivity contribution in [3.05, 3.63) is 124 Å². The standard InChI is InChI=1S/C32H26ClFN6O/c33-22-10-13-25-27(17-22)30(26-6-1-2-7-28(26)34)37-18-21-19-38-32(40-29(21)25)39-24-11-8-20(9-12-24)31(41)36-16-14-23-5-3-4-15-35-23/h1-6,8-13,15,17,19,28H,7,14,16,18H2,(H,36,41)(H,38,39,40). The van der Waals surface area contributed by atoms with Gasteiger partial charge in [-0.1, -0.05) is 42.0 Å². The Balaban J connectivity index is 1.19. The number of nitrogens with one attached hydrogen (secondary N) is 2. The Hall–Kier alpha value is -4.69. The molecule has 1 amide bonds. The van der Waals surface area contributed by atoms with E-state index in [1.807, 2.05) is 54.6 Å². The van der Waals surface area contributed by atoms with E-state index in [0.29, 0.717) is 59.4 Å². The lowest BCUT2D eigenvalue weighted by atomic mass is 9.90. The number of halogens is 2. The number of pyridine rings is 1. The van der Waals surface area contributed by atoms with Crippen LogP contribution < -0.4 is 10.6 Å². The summed E-state index contributed by atoms with van der Waals surface area (Å²) in [5, 5.41) is 6.68. The van der Waals surface area contributed by atoms with Crippen LogP contribution in [0.25, 0.3) is 11.3 Å². The third-order valence-electron chi connectivity index (χ3n) is 6.93. The van der Waals surface area contributed by atoms with Gasteiger partial charge in [-0.15, -0.1) is 0 Å². The number of fused-ring (bicyclic) bond motifs is 3. The molecule has 0 bridgehead atoms. The SMILES string of the molecule is O=C(NCCc1ccccn1)c1ccc(Nc2ncc3c(n2)-c2ccc(Cl)cc2C(C2=CC=CCC2F)=NC3)cc1. The molecule has 204 valence electrons. The zero-order valence-corrected chi connectivity index (χ0v) is 22.8. The minimum Gasteiger partial charge on any atom is -0.352 e. The van der Waals surface area contributed by atoms with E-state index < -0.39 is 6.17 Å². The van der Waals surface area contributed by atoms with Gasteiger partial charge in [-0.2, -0.15) is 0 Å². The second kappa shape index (κ2) is 11.8. The third-order valence-corrected chi connectivity index (χ3v) is 7.16. The lowest BCUT2D eigenvalue weighted by molar-refractivity contribution is 0.0954. The van der Waals surface area contributed by atoms with Crippen molar-refractivity contribution in [3.63, 3.8) is 0 Å². The Morgan fingerprint density at radius 1 is 1.05 bits per heavy atom. The summed E-state index contributed by atoms with van der Waals surface area (Å²) in [6.45, 7) is 0.812. The Bertz CT molecular complexity index is 1680. The number of carbonyl (C=O) groups excluding carboxylic acids is 1. The Morgan fingerprint density at radius 3 is 2.73 bits per heavy atom. The maximum absolute atomic E-state index is 14.9. The normalized spacial score (nSPS) is 15.6. The van der Waals surface area contributed by atoms with Gasteiger partial charge in [0.15, 0.2) is 0 Å². The van der Waals surface area contributed by atoms with E-state index in [-0.39, 0.29) is 5.91 Å². The number of nitrogens with zero attached hydrogens (tertiary/aromatic N) is 4. The molecule has 0 fully saturated rings. The molecule has 0 saturated carbocycles. The van der Waals surface area contributed by atoms with Crippen LogP contribution in [-0.4, -0.2) is 39.3 Å². The number of aromatic nitrogens is 3. The summed E-state index contributed by atoms with van der Waals surface area (Å²) in [6, 6.07) is 18.3. The van der Waals surface area contributed by atoms with Gasteiger partial charge in [0.05, 0.1) is 18.0 Å². The monoisotopic (exact) mass is 564 g/mol. The lowest BCUT2D eigenvalue weighted by Gasteiger charge is -2.18. The summed E-state index contributed by atoms with van der Waals surface area (Å²) in [7, 11) is 0. The number of hydrogen-bond acceptors (Lipinski definition) is 6. The summed E-state index contributed by atoms with van der Waals surface area (Å²) >= 11 is 6.37. The molecular formula is C32H26ClFN6O. The van der Waals surface area contributed by atoms with Crippen molar-refractivity contribution in [2.24, 2.45) is 4.99 Å². The highest BCUT2D eigenvalue weighted by molar-refractivity contribution is 6.31. The molecule has 3 heterocycles. The van der Waals surface area contributed by atoms with Gasteiger partial charge in [-0.25, -0.2) is 14.4 Å². The van der Waals surface area contributed by atoms with Crippen LogP contribution in [0.3, 0.4) is 0 Å². The van der Waals surface area contributed by atoms with Crippen molar-refractivity contribution in [2.75, 3.05) is 11.9 Å². The van der Waals surface area contributed by atoms with Gasteiger partial charge in [0.2, 0.25) is 5.95 Å². The summed E-state index contributed by atoms with van der Waals surface area (Å²) in [6.07, 6.45) is 8.75. The number of allylic oxidation sites excluding steroid dienone is 4. The number of anilines is 2. The molecule has 6 rings (SSSR count). The van der Waals surface area contributed by atoms with Crippen LogP contribution in [0.1, 0.15) is 33.6 Å². The second-order valence-electron chi connectivity index (χ2n) is 9.70. The molecule has 0 spiro atoms. The summed E-state index contributed by atoms with van der Waals surface area (Å²) < 4.78 is 14.9. The van der Waals surface area contributed by atoms with Crippen LogP contribution in [0.2, 0.25) is 5.02 Å². The Morgan fingerprint density at radius 2 is 1.93 bits per heavy atom. The first-order valence-electron chi connectivity index (χ1n) is 13.3. The van der Waals surface area contributed by atoms with Gasteiger partial charge in [0.1, 0.15) is 6.17 Å². The van der Waals surface area contributed by atoms with Crippen molar-refractivity contribution < 1.29 is 9.18 Å². The van der Waals surface area contributed by atoms with Gasteiger partial charge in [-0.05, 0) is 48.5 Å². The first kappa shape index (κ1) is 26.5. The molecule has 2 aromatic heterocycles. The predicted molar refractivity (Wildman–Crippen MR) is 159 cm³/mol. The zero-order valence-electron chi connectivity index (χ0n) is 22.0. The molecule has 1 aliphatic heterocycles. The van der Waals surface area contributed by atoms with Gasteiger partial charge in [0.25, 0.3) is 5.91 Å². The van der Waals surface area contributed by atoms with Gasteiger partial charge in [0, 0.05) is 76.0 Å². The average Bonchev–Trinajstić information content (AvgIpc) is 3.14. The third kappa shape index (κ3) is 5.93. The van der Waals surface area contributed by atoms with E-state index in [9.17, 15) is 9.18 Å². The van der Waals surface area contributed by atoms with Crippen LogP contribution in [0.4, 0.5) is 16.0 Å². The van der Waals surface area contributed by atoms with E-state index in [1.165, 1.54) is 0 Å². The van der Waals surface area contributed by atoms with E-state index >= 15 is 0 Å². The Labute approximate surface area is 242 Å². The quantitative estimate of drug-likeness (QED) is 0.270. The van der Waals surface area contributed by atoms with Crippen molar-refractivity contribution in [1.82, 2.24) is 20.3 Å². The number of aliphatic imine (C=N–C) groups is 1. The molecule has 41 heavy (non-hydrogen) atoms. The highest BCUT2D eigenvalue weighted by atomic mass is 35.5. The van der Waals surface area contributed by atoms with Crippen LogP contribution >= 0.6 is 11.6 Å². The number of carbonyl (C=O) groups is 1. The summed E-state index contributed by atoms with van der Waals surface area (Å²) in [5.41, 5.74) is 6.42. The van der Waals surface area contributed by atoms with Crippen LogP contribution in [0.15, 0.2) is 102 Å². The van der Waals surface area contributed by atoms with Gasteiger partial charge in [-0.3, -0.25) is 14.8 Å². The summed E-state index contributed by atoms with van der Waals surface area (Å²) in [5.74, 6) is 0.239.